The van der Waals surface area contributed by atoms with Crippen molar-refractivity contribution in [3.05, 3.63) is 48.2 Å². The van der Waals surface area contributed by atoms with Gasteiger partial charge in [0.1, 0.15) is 11.9 Å². The molecule has 1 saturated carbocycles. The van der Waals surface area contributed by atoms with Gasteiger partial charge in [0.25, 0.3) is 0 Å². The second-order valence-corrected chi connectivity index (χ2v) is 9.40. The molecule has 1 aromatic carbocycles. The molecule has 2 aliphatic rings. The Labute approximate surface area is 196 Å². The number of hydrogen-bond acceptors (Lipinski definition) is 4. The molecule has 1 aliphatic carbocycles. The number of rotatable bonds is 8. The van der Waals surface area contributed by atoms with E-state index in [1.165, 1.54) is 6.42 Å². The van der Waals surface area contributed by atoms with Crippen LogP contribution in [0.2, 0.25) is 0 Å². The highest BCUT2D eigenvalue weighted by Gasteiger charge is 2.39. The Morgan fingerprint density at radius 2 is 1.76 bits per heavy atom. The minimum absolute atomic E-state index is 0.00791. The van der Waals surface area contributed by atoms with Crippen molar-refractivity contribution in [2.75, 3.05) is 18.9 Å². The molecule has 2 aromatic rings. The fourth-order valence-electron chi connectivity index (χ4n) is 5.15. The number of para-hydroxylation sites is 1. The Hall–Kier alpha value is -2.80. The summed E-state index contributed by atoms with van der Waals surface area (Å²) in [5.74, 6) is 1.08. The minimum Gasteiger partial charge on any atom is -0.343 e. The fourth-order valence-corrected chi connectivity index (χ4v) is 5.15. The van der Waals surface area contributed by atoms with E-state index in [1.54, 1.807) is 7.05 Å². The van der Waals surface area contributed by atoms with Crippen LogP contribution >= 0.6 is 0 Å². The SMILES string of the molecule is CN[C@@H](C)C(=O)N[C@H](C(=O)N1CCC[C@H]1c1ccc(Nc2ccccc2)[nH]1)C1CCCCC1. The highest BCUT2D eigenvalue weighted by Crippen LogP contribution is 2.35. The number of hydrogen-bond donors (Lipinski definition) is 4. The van der Waals surface area contributed by atoms with Gasteiger partial charge >= 0.3 is 0 Å². The maximum absolute atomic E-state index is 13.8. The maximum Gasteiger partial charge on any atom is 0.246 e. The predicted octanol–water partition coefficient (Wildman–Crippen LogP) is 4.09. The van der Waals surface area contributed by atoms with Crippen molar-refractivity contribution in [1.29, 1.82) is 0 Å². The topological polar surface area (TPSA) is 89.3 Å². The Morgan fingerprint density at radius 1 is 1.00 bits per heavy atom. The van der Waals surface area contributed by atoms with Crippen LogP contribution in [-0.4, -0.2) is 47.4 Å². The van der Waals surface area contributed by atoms with Gasteiger partial charge in [0.05, 0.1) is 12.1 Å². The van der Waals surface area contributed by atoms with Crippen LogP contribution < -0.4 is 16.0 Å². The zero-order chi connectivity index (χ0) is 23.2. The van der Waals surface area contributed by atoms with E-state index in [-0.39, 0.29) is 29.8 Å². The van der Waals surface area contributed by atoms with Gasteiger partial charge < -0.3 is 25.8 Å². The van der Waals surface area contributed by atoms with E-state index in [9.17, 15) is 9.59 Å². The van der Waals surface area contributed by atoms with Crippen molar-refractivity contribution in [1.82, 2.24) is 20.5 Å². The van der Waals surface area contributed by atoms with E-state index in [0.717, 1.165) is 62.3 Å². The van der Waals surface area contributed by atoms with Gasteiger partial charge in [0.2, 0.25) is 11.8 Å². The van der Waals surface area contributed by atoms with Gasteiger partial charge in [-0.2, -0.15) is 0 Å². The molecule has 2 fully saturated rings. The molecule has 0 bridgehead atoms. The van der Waals surface area contributed by atoms with Gasteiger partial charge in [-0.3, -0.25) is 9.59 Å². The number of nitrogens with one attached hydrogen (secondary N) is 4. The number of likely N-dealkylation sites (N-methyl/N-ethyl adjacent to an activating group) is 1. The van der Waals surface area contributed by atoms with Crippen LogP contribution in [0.15, 0.2) is 42.5 Å². The molecule has 1 aromatic heterocycles. The molecule has 2 heterocycles. The normalized spacial score (nSPS) is 20.9. The second-order valence-electron chi connectivity index (χ2n) is 9.40. The van der Waals surface area contributed by atoms with Gasteiger partial charge in [-0.25, -0.2) is 0 Å². The zero-order valence-corrected chi connectivity index (χ0v) is 19.8. The number of amides is 2. The first-order valence-electron chi connectivity index (χ1n) is 12.4. The molecule has 1 saturated heterocycles. The molecule has 0 spiro atoms. The van der Waals surface area contributed by atoms with Crippen molar-refractivity contribution >= 4 is 23.3 Å². The molecule has 0 radical (unpaired) electrons. The molecule has 4 N–H and O–H groups in total. The first kappa shape index (κ1) is 23.4. The number of carbonyl (C=O) groups excluding carboxylic acids is 2. The molecule has 33 heavy (non-hydrogen) atoms. The lowest BCUT2D eigenvalue weighted by Gasteiger charge is -2.35. The summed E-state index contributed by atoms with van der Waals surface area (Å²) in [4.78, 5) is 32.0. The standard InChI is InChI=1S/C26H37N5O2/c1-18(27-2)25(32)30-24(19-10-5-3-6-11-19)26(33)31-17-9-14-22(31)21-15-16-23(29-21)28-20-12-7-4-8-13-20/h4,7-8,12-13,15-16,18-19,22,24,27-29H,3,5-6,9-11,14,17H2,1-2H3,(H,30,32)/t18-,22-,24-/m0/s1. The van der Waals surface area contributed by atoms with Crippen LogP contribution in [0.4, 0.5) is 11.5 Å². The first-order chi connectivity index (χ1) is 16.1. The Bertz CT molecular complexity index is 922. The summed E-state index contributed by atoms with van der Waals surface area (Å²) < 4.78 is 0. The number of H-pyrrole nitrogens is 1. The highest BCUT2D eigenvalue weighted by molar-refractivity contribution is 5.90. The minimum atomic E-state index is -0.453. The monoisotopic (exact) mass is 451 g/mol. The number of carbonyl (C=O) groups is 2. The van der Waals surface area contributed by atoms with Crippen molar-refractivity contribution in [3.8, 4) is 0 Å². The number of likely N-dealkylation sites (tertiary alicyclic amines) is 1. The van der Waals surface area contributed by atoms with Gasteiger partial charge in [0.15, 0.2) is 0 Å². The van der Waals surface area contributed by atoms with E-state index in [4.69, 9.17) is 0 Å². The number of benzene rings is 1. The Balaban J connectivity index is 1.50. The molecule has 2 amide bonds. The summed E-state index contributed by atoms with van der Waals surface area (Å²) in [6, 6.07) is 13.4. The zero-order valence-electron chi connectivity index (χ0n) is 19.8. The van der Waals surface area contributed by atoms with E-state index in [2.05, 4.69) is 27.0 Å². The molecule has 3 atom stereocenters. The lowest BCUT2D eigenvalue weighted by atomic mass is 9.83. The van der Waals surface area contributed by atoms with Crippen LogP contribution in [0.25, 0.3) is 0 Å². The molecule has 0 unspecified atom stereocenters. The molecular formula is C26H37N5O2. The third kappa shape index (κ3) is 5.58. The largest absolute Gasteiger partial charge is 0.343 e. The lowest BCUT2D eigenvalue weighted by molar-refractivity contribution is -0.139. The summed E-state index contributed by atoms with van der Waals surface area (Å²) >= 11 is 0. The van der Waals surface area contributed by atoms with E-state index < -0.39 is 6.04 Å². The second kappa shape index (κ2) is 10.9. The quantitative estimate of drug-likeness (QED) is 0.487. The van der Waals surface area contributed by atoms with Crippen LogP contribution in [-0.2, 0) is 9.59 Å². The molecule has 1 aliphatic heterocycles. The summed E-state index contributed by atoms with van der Waals surface area (Å²) in [5.41, 5.74) is 2.06. The van der Waals surface area contributed by atoms with E-state index >= 15 is 0 Å². The van der Waals surface area contributed by atoms with Crippen molar-refractivity contribution in [3.63, 3.8) is 0 Å². The lowest BCUT2D eigenvalue weighted by Crippen LogP contribution is -2.55. The highest BCUT2D eigenvalue weighted by atomic mass is 16.2. The van der Waals surface area contributed by atoms with Gasteiger partial charge in [-0.05, 0) is 69.8 Å². The summed E-state index contributed by atoms with van der Waals surface area (Å²) in [6.07, 6.45) is 7.35. The Morgan fingerprint density at radius 3 is 2.48 bits per heavy atom. The molecule has 7 heteroatoms. The first-order valence-corrected chi connectivity index (χ1v) is 12.4. The van der Waals surface area contributed by atoms with Crippen LogP contribution in [0, 0.1) is 5.92 Å². The molecule has 7 nitrogen and oxygen atoms in total. The average molecular weight is 452 g/mol. The van der Waals surface area contributed by atoms with E-state index in [1.807, 2.05) is 48.2 Å². The summed E-state index contributed by atoms with van der Waals surface area (Å²) in [7, 11) is 1.77. The number of aromatic amines is 1. The summed E-state index contributed by atoms with van der Waals surface area (Å²) in [5, 5.41) is 9.49. The van der Waals surface area contributed by atoms with Gasteiger partial charge in [0, 0.05) is 17.9 Å². The fraction of sp³-hybridized carbons (Fsp3) is 0.538. The Kier molecular flexibility index (Phi) is 7.70. The van der Waals surface area contributed by atoms with Gasteiger partial charge in [-0.1, -0.05) is 37.5 Å². The summed E-state index contributed by atoms with van der Waals surface area (Å²) in [6.45, 7) is 2.56. The van der Waals surface area contributed by atoms with Gasteiger partial charge in [-0.15, -0.1) is 0 Å². The third-order valence-electron chi connectivity index (χ3n) is 7.17. The van der Waals surface area contributed by atoms with Crippen LogP contribution in [0.5, 0.6) is 0 Å². The predicted molar refractivity (Wildman–Crippen MR) is 131 cm³/mol. The molecule has 4 rings (SSSR count). The van der Waals surface area contributed by atoms with E-state index in [0.29, 0.717) is 0 Å². The number of nitrogens with zero attached hydrogens (tertiary/aromatic N) is 1. The molecule has 178 valence electrons. The van der Waals surface area contributed by atoms with Crippen molar-refractivity contribution in [2.24, 2.45) is 5.92 Å². The molecular weight excluding hydrogens is 414 g/mol. The third-order valence-corrected chi connectivity index (χ3v) is 7.17. The number of aromatic nitrogens is 1. The smallest absolute Gasteiger partial charge is 0.246 e. The van der Waals surface area contributed by atoms with Crippen LogP contribution in [0.1, 0.15) is 63.6 Å². The number of anilines is 2. The van der Waals surface area contributed by atoms with Crippen LogP contribution in [0.3, 0.4) is 0 Å². The van der Waals surface area contributed by atoms with Crippen molar-refractivity contribution in [2.45, 2.75) is 70.0 Å². The van der Waals surface area contributed by atoms with Crippen molar-refractivity contribution < 1.29 is 9.59 Å². The average Bonchev–Trinajstić information content (AvgIpc) is 3.52. The maximum atomic E-state index is 13.8.